The van der Waals surface area contributed by atoms with E-state index in [-0.39, 0.29) is 16.3 Å². The third-order valence-electron chi connectivity index (χ3n) is 3.91. The molecule has 0 N–H and O–H groups in total. The average Bonchev–Trinajstić information content (AvgIpc) is 2.89. The number of non-ortho nitro benzene ring substituents is 1. The van der Waals surface area contributed by atoms with Gasteiger partial charge in [-0.25, -0.2) is 0 Å². The molecular formula is C18H13BrClN3O3S. The normalized spacial score (nSPS) is 11.6. The van der Waals surface area contributed by atoms with Crippen molar-refractivity contribution in [2.75, 3.05) is 0 Å². The zero-order valence-corrected chi connectivity index (χ0v) is 17.4. The molecule has 1 amide bonds. The molecule has 0 saturated heterocycles. The van der Waals surface area contributed by atoms with Crippen LogP contribution in [0.1, 0.15) is 15.2 Å². The Kier molecular flexibility index (Phi) is 5.59. The van der Waals surface area contributed by atoms with E-state index in [4.69, 9.17) is 11.6 Å². The van der Waals surface area contributed by atoms with Gasteiger partial charge in [0.25, 0.3) is 11.6 Å². The lowest BCUT2D eigenvalue weighted by molar-refractivity contribution is -0.384. The first-order chi connectivity index (χ1) is 12.8. The van der Waals surface area contributed by atoms with Crippen LogP contribution in [0.5, 0.6) is 0 Å². The number of nitrogens with zero attached hydrogens (tertiary/aromatic N) is 3. The maximum absolute atomic E-state index is 12.5. The van der Waals surface area contributed by atoms with Crippen LogP contribution in [0.2, 0.25) is 5.02 Å². The van der Waals surface area contributed by atoms with Crippen molar-refractivity contribution in [2.45, 2.75) is 6.92 Å². The lowest BCUT2D eigenvalue weighted by Crippen LogP contribution is -2.14. The lowest BCUT2D eigenvalue weighted by Gasteiger charge is -2.05. The molecule has 3 aromatic rings. The summed E-state index contributed by atoms with van der Waals surface area (Å²) < 4.78 is 2.83. The van der Waals surface area contributed by atoms with Crippen LogP contribution < -0.4 is 4.80 Å². The van der Waals surface area contributed by atoms with Crippen molar-refractivity contribution in [3.05, 3.63) is 77.3 Å². The van der Waals surface area contributed by atoms with Gasteiger partial charge in [-0.1, -0.05) is 39.7 Å². The highest BCUT2D eigenvalue weighted by atomic mass is 79.9. The molecule has 27 heavy (non-hydrogen) atoms. The highest BCUT2D eigenvalue weighted by Gasteiger charge is 2.16. The molecule has 0 spiro atoms. The number of benzene rings is 2. The molecule has 0 saturated carbocycles. The van der Waals surface area contributed by atoms with Crippen LogP contribution in [0, 0.1) is 17.0 Å². The Balaban J connectivity index is 2.03. The van der Waals surface area contributed by atoms with Gasteiger partial charge >= 0.3 is 0 Å². The number of thiazole rings is 1. The second-order valence-electron chi connectivity index (χ2n) is 5.69. The average molecular weight is 467 g/mol. The van der Waals surface area contributed by atoms with Gasteiger partial charge in [0.2, 0.25) is 0 Å². The highest BCUT2D eigenvalue weighted by Crippen LogP contribution is 2.26. The van der Waals surface area contributed by atoms with Crippen molar-refractivity contribution >= 4 is 50.5 Å². The smallest absolute Gasteiger partial charge is 0.281 e. The zero-order valence-electron chi connectivity index (χ0n) is 14.3. The standard InChI is InChI=1S/C18H13BrClN3O3S/c1-10-16(11-3-5-12(19)6-4-11)22(2)18(27-10)21-17(24)14-8-7-13(23(25)26)9-15(14)20/h3-9H,1-2H3. The molecule has 3 rings (SSSR count). The first-order valence-corrected chi connectivity index (χ1v) is 9.72. The van der Waals surface area contributed by atoms with Crippen molar-refractivity contribution in [3.8, 4) is 11.3 Å². The number of amides is 1. The molecule has 6 nitrogen and oxygen atoms in total. The van der Waals surface area contributed by atoms with Crippen molar-refractivity contribution < 1.29 is 9.72 Å². The SMILES string of the molecule is Cc1sc(=NC(=O)c2ccc([N+](=O)[O-])cc2Cl)n(C)c1-c1ccc(Br)cc1. The van der Waals surface area contributed by atoms with E-state index in [2.05, 4.69) is 20.9 Å². The molecule has 0 atom stereocenters. The van der Waals surface area contributed by atoms with Crippen LogP contribution in [-0.2, 0) is 7.05 Å². The second kappa shape index (κ2) is 7.75. The first kappa shape index (κ1) is 19.5. The van der Waals surface area contributed by atoms with E-state index in [9.17, 15) is 14.9 Å². The van der Waals surface area contributed by atoms with Crippen LogP contribution in [-0.4, -0.2) is 15.4 Å². The molecule has 1 heterocycles. The van der Waals surface area contributed by atoms with E-state index in [1.807, 2.05) is 42.8 Å². The Morgan fingerprint density at radius 3 is 2.52 bits per heavy atom. The quantitative estimate of drug-likeness (QED) is 0.397. The van der Waals surface area contributed by atoms with Crippen LogP contribution in [0.4, 0.5) is 5.69 Å². The largest absolute Gasteiger partial charge is 0.319 e. The minimum absolute atomic E-state index is 0.00186. The van der Waals surface area contributed by atoms with Crippen LogP contribution in [0.15, 0.2) is 51.9 Å². The summed E-state index contributed by atoms with van der Waals surface area (Å²) in [5, 5.41) is 10.8. The lowest BCUT2D eigenvalue weighted by atomic mass is 10.1. The molecule has 0 aliphatic carbocycles. The number of rotatable bonds is 3. The van der Waals surface area contributed by atoms with Gasteiger partial charge in [0, 0.05) is 28.5 Å². The summed E-state index contributed by atoms with van der Waals surface area (Å²) in [6, 6.07) is 11.6. The van der Waals surface area contributed by atoms with Crippen LogP contribution >= 0.6 is 38.9 Å². The topological polar surface area (TPSA) is 77.5 Å². The van der Waals surface area contributed by atoms with Crippen LogP contribution in [0.3, 0.4) is 0 Å². The van der Waals surface area contributed by atoms with Gasteiger partial charge in [-0.05, 0) is 30.7 Å². The number of nitro benzene ring substituents is 1. The Bertz CT molecular complexity index is 1120. The minimum Gasteiger partial charge on any atom is -0.319 e. The molecule has 0 fully saturated rings. The van der Waals surface area contributed by atoms with E-state index in [1.54, 1.807) is 0 Å². The van der Waals surface area contributed by atoms with E-state index >= 15 is 0 Å². The third-order valence-corrected chi connectivity index (χ3v) is 5.80. The summed E-state index contributed by atoms with van der Waals surface area (Å²) in [7, 11) is 1.84. The summed E-state index contributed by atoms with van der Waals surface area (Å²) in [5.41, 5.74) is 1.93. The Hall–Kier alpha value is -2.29. The van der Waals surface area contributed by atoms with Gasteiger partial charge in [-0.2, -0.15) is 4.99 Å². The maximum Gasteiger partial charge on any atom is 0.281 e. The molecule has 2 aromatic carbocycles. The number of aryl methyl sites for hydroxylation is 1. The number of halogens is 2. The van der Waals surface area contributed by atoms with Gasteiger partial charge in [0.1, 0.15) is 0 Å². The predicted molar refractivity (Wildman–Crippen MR) is 109 cm³/mol. The van der Waals surface area contributed by atoms with E-state index in [1.165, 1.54) is 23.5 Å². The summed E-state index contributed by atoms with van der Waals surface area (Å²) in [6.07, 6.45) is 0. The summed E-state index contributed by atoms with van der Waals surface area (Å²) >= 11 is 10.8. The van der Waals surface area contributed by atoms with Gasteiger partial charge in [-0.15, -0.1) is 11.3 Å². The van der Waals surface area contributed by atoms with E-state index in [0.717, 1.165) is 26.7 Å². The molecule has 0 aliphatic rings. The number of aromatic nitrogens is 1. The molecule has 0 radical (unpaired) electrons. The Morgan fingerprint density at radius 1 is 1.26 bits per heavy atom. The van der Waals surface area contributed by atoms with Crippen molar-refractivity contribution in [3.63, 3.8) is 0 Å². The number of nitro groups is 1. The number of carbonyl (C=O) groups is 1. The van der Waals surface area contributed by atoms with Gasteiger partial charge < -0.3 is 4.57 Å². The minimum atomic E-state index is -0.565. The fourth-order valence-corrected chi connectivity index (χ4v) is 4.13. The molecule has 0 aliphatic heterocycles. The third kappa shape index (κ3) is 4.02. The molecule has 138 valence electrons. The molecule has 0 unspecified atom stereocenters. The first-order valence-electron chi connectivity index (χ1n) is 7.73. The fourth-order valence-electron chi connectivity index (χ4n) is 2.63. The van der Waals surface area contributed by atoms with E-state index in [0.29, 0.717) is 4.80 Å². The van der Waals surface area contributed by atoms with Crippen molar-refractivity contribution in [1.82, 2.24) is 4.57 Å². The molecule has 0 bridgehead atoms. The summed E-state index contributed by atoms with van der Waals surface area (Å²) in [6.45, 7) is 1.96. The predicted octanol–water partition coefficient (Wildman–Crippen LogP) is 5.13. The van der Waals surface area contributed by atoms with E-state index < -0.39 is 10.8 Å². The van der Waals surface area contributed by atoms with Crippen molar-refractivity contribution in [1.29, 1.82) is 0 Å². The second-order valence-corrected chi connectivity index (χ2v) is 8.20. The zero-order chi connectivity index (χ0) is 19.7. The Morgan fingerprint density at radius 2 is 1.93 bits per heavy atom. The number of carbonyl (C=O) groups excluding carboxylic acids is 1. The summed E-state index contributed by atoms with van der Waals surface area (Å²) in [4.78, 5) is 28.5. The van der Waals surface area contributed by atoms with Crippen LogP contribution in [0.25, 0.3) is 11.3 Å². The molecule has 1 aromatic heterocycles. The maximum atomic E-state index is 12.5. The summed E-state index contributed by atoms with van der Waals surface area (Å²) in [5.74, 6) is -0.547. The van der Waals surface area contributed by atoms with Gasteiger partial charge in [0.05, 0.1) is 21.2 Å². The molecule has 9 heteroatoms. The van der Waals surface area contributed by atoms with Gasteiger partial charge in [-0.3, -0.25) is 14.9 Å². The van der Waals surface area contributed by atoms with Crippen molar-refractivity contribution in [2.24, 2.45) is 12.0 Å². The Labute approximate surface area is 172 Å². The fraction of sp³-hybridized carbons (Fsp3) is 0.111. The highest BCUT2D eigenvalue weighted by molar-refractivity contribution is 9.10. The molecular weight excluding hydrogens is 454 g/mol. The number of hydrogen-bond donors (Lipinski definition) is 0. The monoisotopic (exact) mass is 465 g/mol. The van der Waals surface area contributed by atoms with Gasteiger partial charge in [0.15, 0.2) is 4.80 Å². The number of hydrogen-bond acceptors (Lipinski definition) is 4.